The molecule has 10 heteroatoms. The number of fused-ring (bicyclic) bond motifs is 1. The SMILES string of the molecule is O=C(c1cc(S(=O)(=O)N2CCOCC2)c[nH]1)N1CCCCC1c1nc2ccccc2s1. The first-order chi connectivity index (χ1) is 15.0. The number of piperidine rings is 1. The highest BCUT2D eigenvalue weighted by atomic mass is 32.2. The van der Waals surface area contributed by atoms with E-state index in [-0.39, 0.29) is 16.8 Å². The van der Waals surface area contributed by atoms with E-state index in [2.05, 4.69) is 4.98 Å². The molecule has 2 aliphatic rings. The number of carbonyl (C=O) groups excluding carboxylic acids is 1. The summed E-state index contributed by atoms with van der Waals surface area (Å²) < 4.78 is 33.6. The van der Waals surface area contributed by atoms with Gasteiger partial charge in [-0.2, -0.15) is 4.31 Å². The number of nitrogens with zero attached hydrogens (tertiary/aromatic N) is 3. The first kappa shape index (κ1) is 20.6. The third-order valence-electron chi connectivity index (χ3n) is 5.85. The fraction of sp³-hybridized carbons (Fsp3) is 0.429. The van der Waals surface area contributed by atoms with Crippen molar-refractivity contribution in [1.82, 2.24) is 19.2 Å². The van der Waals surface area contributed by atoms with Crippen LogP contribution in [0.15, 0.2) is 41.4 Å². The zero-order valence-electron chi connectivity index (χ0n) is 17.0. The summed E-state index contributed by atoms with van der Waals surface area (Å²) in [5, 5.41) is 0.932. The number of benzene rings is 1. The lowest BCUT2D eigenvalue weighted by Crippen LogP contribution is -2.40. The van der Waals surface area contributed by atoms with Crippen molar-refractivity contribution in [2.24, 2.45) is 0 Å². The lowest BCUT2D eigenvalue weighted by atomic mass is 10.0. The van der Waals surface area contributed by atoms with Crippen LogP contribution in [0.25, 0.3) is 10.2 Å². The van der Waals surface area contributed by atoms with Gasteiger partial charge < -0.3 is 14.6 Å². The third-order valence-corrected chi connectivity index (χ3v) is 8.87. The first-order valence-electron chi connectivity index (χ1n) is 10.5. The number of rotatable bonds is 4. The summed E-state index contributed by atoms with van der Waals surface area (Å²) in [5.41, 5.74) is 1.24. The van der Waals surface area contributed by atoms with Crippen molar-refractivity contribution in [2.45, 2.75) is 30.2 Å². The minimum atomic E-state index is -3.65. The van der Waals surface area contributed by atoms with Crippen LogP contribution in [-0.2, 0) is 14.8 Å². The second-order valence-corrected chi connectivity index (χ2v) is 10.8. The van der Waals surface area contributed by atoms with Gasteiger partial charge >= 0.3 is 0 Å². The molecule has 1 unspecified atom stereocenters. The smallest absolute Gasteiger partial charge is 0.270 e. The van der Waals surface area contributed by atoms with E-state index in [0.29, 0.717) is 38.5 Å². The summed E-state index contributed by atoms with van der Waals surface area (Å²) in [6.45, 7) is 2.04. The van der Waals surface area contributed by atoms with Crippen LogP contribution >= 0.6 is 11.3 Å². The third kappa shape index (κ3) is 3.89. The predicted octanol–water partition coefficient (Wildman–Crippen LogP) is 3.01. The Labute approximate surface area is 184 Å². The van der Waals surface area contributed by atoms with Crippen molar-refractivity contribution in [3.05, 3.63) is 47.2 Å². The standard InChI is InChI=1S/C21H24N4O4S2/c26-21(17-13-15(14-22-17)31(27,28)24-9-11-29-12-10-24)25-8-4-3-6-18(25)20-23-16-5-1-2-7-19(16)30-20/h1-2,5,7,13-14,18,22H,3-4,6,8-12H2. The van der Waals surface area contributed by atoms with E-state index < -0.39 is 10.0 Å². The zero-order chi connectivity index (χ0) is 21.4. The van der Waals surface area contributed by atoms with E-state index in [1.807, 2.05) is 29.2 Å². The van der Waals surface area contributed by atoms with E-state index in [1.54, 1.807) is 11.3 Å². The van der Waals surface area contributed by atoms with Crippen LogP contribution in [0, 0.1) is 0 Å². The van der Waals surface area contributed by atoms with E-state index in [1.165, 1.54) is 16.6 Å². The number of thiazole rings is 1. The molecule has 0 radical (unpaired) electrons. The molecule has 0 aliphatic carbocycles. The molecule has 0 saturated carbocycles. The zero-order valence-corrected chi connectivity index (χ0v) is 18.6. The average molecular weight is 461 g/mol. The van der Waals surface area contributed by atoms with Crippen molar-refractivity contribution in [1.29, 1.82) is 0 Å². The van der Waals surface area contributed by atoms with Crippen LogP contribution in [-0.4, -0.2) is 66.3 Å². The van der Waals surface area contributed by atoms with Crippen LogP contribution in [0.1, 0.15) is 40.8 Å². The largest absolute Gasteiger partial charge is 0.379 e. The number of ether oxygens (including phenoxy) is 1. The van der Waals surface area contributed by atoms with Gasteiger partial charge in [-0.1, -0.05) is 12.1 Å². The Morgan fingerprint density at radius 1 is 1.16 bits per heavy atom. The maximum Gasteiger partial charge on any atom is 0.270 e. The molecule has 3 aromatic rings. The van der Waals surface area contributed by atoms with Gasteiger partial charge in [0.2, 0.25) is 10.0 Å². The molecule has 2 saturated heterocycles. The lowest BCUT2D eigenvalue weighted by molar-refractivity contribution is 0.0606. The van der Waals surface area contributed by atoms with E-state index in [9.17, 15) is 13.2 Å². The predicted molar refractivity (Wildman–Crippen MR) is 118 cm³/mol. The Balaban J connectivity index is 1.40. The quantitative estimate of drug-likeness (QED) is 0.646. The Hall–Kier alpha value is -2.27. The number of likely N-dealkylation sites (tertiary alicyclic amines) is 1. The highest BCUT2D eigenvalue weighted by molar-refractivity contribution is 7.89. The molecule has 0 spiro atoms. The number of H-pyrrole nitrogens is 1. The van der Waals surface area contributed by atoms with Gasteiger partial charge in [0, 0.05) is 25.8 Å². The number of sulfonamides is 1. The fourth-order valence-corrected chi connectivity index (χ4v) is 6.72. The van der Waals surface area contributed by atoms with Crippen molar-refractivity contribution < 1.29 is 17.9 Å². The van der Waals surface area contributed by atoms with Gasteiger partial charge in [0.15, 0.2) is 0 Å². The van der Waals surface area contributed by atoms with Gasteiger partial charge in [0.1, 0.15) is 15.6 Å². The number of nitrogens with one attached hydrogen (secondary N) is 1. The molecule has 2 aliphatic heterocycles. The number of para-hydroxylation sites is 1. The topological polar surface area (TPSA) is 95.6 Å². The highest BCUT2D eigenvalue weighted by Crippen LogP contribution is 2.36. The van der Waals surface area contributed by atoms with Crippen molar-refractivity contribution in [3.63, 3.8) is 0 Å². The molecule has 1 N–H and O–H groups in total. The first-order valence-corrected chi connectivity index (χ1v) is 12.7. The fourth-order valence-electron chi connectivity index (χ4n) is 4.20. The van der Waals surface area contributed by atoms with Gasteiger partial charge in [0.25, 0.3) is 5.91 Å². The van der Waals surface area contributed by atoms with E-state index in [4.69, 9.17) is 9.72 Å². The normalized spacial score (nSPS) is 20.9. The maximum atomic E-state index is 13.4. The van der Waals surface area contributed by atoms with Crippen molar-refractivity contribution in [3.8, 4) is 0 Å². The second-order valence-electron chi connectivity index (χ2n) is 7.80. The number of morpholine rings is 1. The van der Waals surface area contributed by atoms with Crippen LogP contribution < -0.4 is 0 Å². The molecule has 4 heterocycles. The Kier molecular flexibility index (Phi) is 5.55. The second kappa shape index (κ2) is 8.34. The number of carbonyl (C=O) groups is 1. The molecule has 31 heavy (non-hydrogen) atoms. The molecule has 8 nitrogen and oxygen atoms in total. The summed E-state index contributed by atoms with van der Waals surface area (Å²) in [6.07, 6.45) is 4.22. The van der Waals surface area contributed by atoms with Crippen LogP contribution in [0.2, 0.25) is 0 Å². The maximum absolute atomic E-state index is 13.4. The summed E-state index contributed by atoms with van der Waals surface area (Å²) in [4.78, 5) is 23.0. The van der Waals surface area contributed by atoms with E-state index >= 15 is 0 Å². The number of aromatic nitrogens is 2. The summed E-state index contributed by atoms with van der Waals surface area (Å²) in [7, 11) is -3.65. The highest BCUT2D eigenvalue weighted by Gasteiger charge is 2.33. The summed E-state index contributed by atoms with van der Waals surface area (Å²) in [5.74, 6) is -0.188. The minimum absolute atomic E-state index is 0.0961. The molecule has 164 valence electrons. The molecule has 5 rings (SSSR count). The minimum Gasteiger partial charge on any atom is -0.379 e. The van der Waals surface area contributed by atoms with Crippen molar-refractivity contribution in [2.75, 3.05) is 32.8 Å². The number of amides is 1. The average Bonchev–Trinajstić information content (AvgIpc) is 3.47. The Bertz CT molecular complexity index is 1160. The van der Waals surface area contributed by atoms with Crippen LogP contribution in [0.4, 0.5) is 0 Å². The Morgan fingerprint density at radius 2 is 1.97 bits per heavy atom. The number of hydrogen-bond acceptors (Lipinski definition) is 6. The summed E-state index contributed by atoms with van der Waals surface area (Å²) >= 11 is 1.62. The van der Waals surface area contributed by atoms with Gasteiger partial charge in [0.05, 0.1) is 29.5 Å². The molecular weight excluding hydrogens is 436 g/mol. The molecular formula is C21H24N4O4S2. The molecule has 1 amide bonds. The van der Waals surface area contributed by atoms with Crippen LogP contribution in [0.3, 0.4) is 0 Å². The lowest BCUT2D eigenvalue weighted by Gasteiger charge is -2.34. The molecule has 2 aromatic heterocycles. The van der Waals surface area contributed by atoms with Crippen molar-refractivity contribution >= 4 is 37.5 Å². The molecule has 1 atom stereocenters. The summed E-state index contributed by atoms with van der Waals surface area (Å²) in [6, 6.07) is 9.34. The van der Waals surface area contributed by atoms with E-state index in [0.717, 1.165) is 34.5 Å². The number of aromatic amines is 1. The van der Waals surface area contributed by atoms with Gasteiger partial charge in [-0.05, 0) is 37.5 Å². The molecule has 2 fully saturated rings. The monoisotopic (exact) mass is 460 g/mol. The van der Waals surface area contributed by atoms with Gasteiger partial charge in [-0.25, -0.2) is 13.4 Å². The van der Waals surface area contributed by atoms with Gasteiger partial charge in [-0.3, -0.25) is 4.79 Å². The number of hydrogen-bond donors (Lipinski definition) is 1. The molecule has 1 aromatic carbocycles. The van der Waals surface area contributed by atoms with Crippen LogP contribution in [0.5, 0.6) is 0 Å². The Morgan fingerprint density at radius 3 is 2.77 bits per heavy atom. The van der Waals surface area contributed by atoms with Gasteiger partial charge in [-0.15, -0.1) is 11.3 Å². The molecule has 0 bridgehead atoms.